The van der Waals surface area contributed by atoms with Crippen LogP contribution in [0.15, 0.2) is 18.2 Å². The molecule has 134 valence electrons. The van der Waals surface area contributed by atoms with Crippen LogP contribution in [-0.2, 0) is 27.3 Å². The zero-order chi connectivity index (χ0) is 18.5. The minimum atomic E-state index is -4.59. The minimum absolute atomic E-state index is 0.0600. The molecule has 2 rings (SSSR count). The molecule has 8 heteroatoms. The zero-order valence-corrected chi connectivity index (χ0v) is 13.7. The number of rotatable bonds is 2. The second kappa shape index (κ2) is 8.03. The van der Waals surface area contributed by atoms with E-state index in [1.165, 1.54) is 18.2 Å². The number of hydrogen-bond donors (Lipinski definition) is 1. The van der Waals surface area contributed by atoms with E-state index in [1.54, 1.807) is 0 Å². The maximum Gasteiger partial charge on any atom is 0.406 e. The smallest absolute Gasteiger partial charge is 0.406 e. The number of halogens is 3. The van der Waals surface area contributed by atoms with E-state index in [2.05, 4.69) is 4.74 Å². The molecule has 0 aliphatic carbocycles. The first-order valence-corrected chi connectivity index (χ1v) is 7.45. The summed E-state index contributed by atoms with van der Waals surface area (Å²) >= 11 is 0. The van der Waals surface area contributed by atoms with Gasteiger partial charge in [0.05, 0.1) is 7.11 Å². The van der Waals surface area contributed by atoms with Crippen LogP contribution in [-0.4, -0.2) is 41.7 Å². The number of esters is 1. The summed E-state index contributed by atoms with van der Waals surface area (Å²) in [6.45, 7) is 2.21. The Balaban J connectivity index is 0.00000139. The van der Waals surface area contributed by atoms with Gasteiger partial charge in [-0.2, -0.15) is 13.2 Å². The Labute approximate surface area is 138 Å². The average molecular weight is 347 g/mol. The maximum atomic E-state index is 12.7. The maximum absolute atomic E-state index is 12.7. The first kappa shape index (κ1) is 19.8. The lowest BCUT2D eigenvalue weighted by Crippen LogP contribution is -2.43. The summed E-state index contributed by atoms with van der Waals surface area (Å²) in [6.07, 6.45) is -4.65. The number of carbonyl (C=O) groups excluding carboxylic acids is 2. The Morgan fingerprint density at radius 2 is 1.96 bits per heavy atom. The van der Waals surface area contributed by atoms with Crippen molar-refractivity contribution in [1.29, 1.82) is 0 Å². The molecule has 0 fully saturated rings. The van der Waals surface area contributed by atoms with Crippen molar-refractivity contribution in [3.8, 4) is 5.75 Å². The molecule has 0 bridgehead atoms. The van der Waals surface area contributed by atoms with Gasteiger partial charge in [-0.05, 0) is 29.7 Å². The second-order valence-corrected chi connectivity index (χ2v) is 5.04. The summed E-state index contributed by atoms with van der Waals surface area (Å²) in [4.78, 5) is 24.5. The molecule has 1 unspecified atom stereocenters. The van der Waals surface area contributed by atoms with Crippen molar-refractivity contribution in [2.75, 3.05) is 13.7 Å². The number of phenolic OH excluding ortho intramolecular Hbond substituents is 1. The predicted octanol–water partition coefficient (Wildman–Crippen LogP) is 2.65. The van der Waals surface area contributed by atoms with E-state index in [9.17, 15) is 27.9 Å². The number of ether oxygens (including phenoxy) is 1. The summed E-state index contributed by atoms with van der Waals surface area (Å²) in [7, 11) is 1.08. The van der Waals surface area contributed by atoms with E-state index in [4.69, 9.17) is 0 Å². The van der Waals surface area contributed by atoms with Gasteiger partial charge in [-0.3, -0.25) is 9.59 Å². The van der Waals surface area contributed by atoms with Gasteiger partial charge in [0.2, 0.25) is 5.91 Å². The Kier molecular flexibility index (Phi) is 6.62. The number of hydrogen-bond acceptors (Lipinski definition) is 4. The molecule has 1 amide bonds. The highest BCUT2D eigenvalue weighted by Gasteiger charge is 2.40. The van der Waals surface area contributed by atoms with E-state index >= 15 is 0 Å². The summed E-state index contributed by atoms with van der Waals surface area (Å²) in [6, 6.07) is 4.15. The molecule has 1 atom stereocenters. The van der Waals surface area contributed by atoms with Crippen molar-refractivity contribution in [2.24, 2.45) is 5.92 Å². The monoisotopic (exact) mass is 347 g/mol. The molecule has 0 saturated carbocycles. The van der Waals surface area contributed by atoms with Crippen LogP contribution in [0.3, 0.4) is 0 Å². The fourth-order valence-electron chi connectivity index (χ4n) is 2.45. The van der Waals surface area contributed by atoms with Crippen molar-refractivity contribution in [3.05, 3.63) is 29.3 Å². The number of alkyl halides is 3. The molecular weight excluding hydrogens is 327 g/mol. The average Bonchev–Trinajstić information content (AvgIpc) is 2.64. The standard InChI is InChI=1S/C14H14F3NO4.C2H6/c1-22-13(21)11-5-8-2-3-10(19)4-9(8)6-18(12(11)20)7-14(15,16)17;1-2/h2-4,11,19H,5-7H2,1H3;1-2H3. The van der Waals surface area contributed by atoms with E-state index in [0.29, 0.717) is 16.0 Å². The molecule has 1 N–H and O–H groups in total. The van der Waals surface area contributed by atoms with Crippen LogP contribution >= 0.6 is 0 Å². The van der Waals surface area contributed by atoms with Crippen LogP contribution in [0.25, 0.3) is 0 Å². The number of carbonyl (C=O) groups is 2. The number of methoxy groups -OCH3 is 1. The quantitative estimate of drug-likeness (QED) is 0.660. The lowest BCUT2D eigenvalue weighted by atomic mass is 9.97. The predicted molar refractivity (Wildman–Crippen MR) is 80.1 cm³/mol. The molecule has 0 spiro atoms. The van der Waals surface area contributed by atoms with Crippen LogP contribution in [0.2, 0.25) is 0 Å². The third kappa shape index (κ3) is 4.87. The van der Waals surface area contributed by atoms with Crippen molar-refractivity contribution < 1.29 is 32.6 Å². The molecule has 0 saturated heterocycles. The van der Waals surface area contributed by atoms with E-state index in [1.807, 2.05) is 13.8 Å². The number of aromatic hydroxyl groups is 1. The molecule has 0 radical (unpaired) electrons. The third-order valence-corrected chi connectivity index (χ3v) is 3.44. The second-order valence-electron chi connectivity index (χ2n) is 5.04. The van der Waals surface area contributed by atoms with Crippen molar-refractivity contribution >= 4 is 11.9 Å². The van der Waals surface area contributed by atoms with Gasteiger partial charge in [0.1, 0.15) is 18.2 Å². The number of benzene rings is 1. The fraction of sp³-hybridized carbons (Fsp3) is 0.500. The molecule has 1 aliphatic heterocycles. The Morgan fingerprint density at radius 3 is 2.50 bits per heavy atom. The molecule has 24 heavy (non-hydrogen) atoms. The molecular formula is C16H20F3NO4. The van der Waals surface area contributed by atoms with Gasteiger partial charge in [-0.1, -0.05) is 19.9 Å². The first-order valence-electron chi connectivity index (χ1n) is 7.45. The number of fused-ring (bicyclic) bond motifs is 1. The van der Waals surface area contributed by atoms with Gasteiger partial charge in [-0.25, -0.2) is 0 Å². The zero-order valence-electron chi connectivity index (χ0n) is 13.7. The summed E-state index contributed by atoms with van der Waals surface area (Å²) in [5.74, 6) is -3.24. The van der Waals surface area contributed by atoms with Gasteiger partial charge in [0.25, 0.3) is 0 Å². The molecule has 0 aromatic heterocycles. The van der Waals surface area contributed by atoms with Crippen LogP contribution in [0.5, 0.6) is 5.75 Å². The van der Waals surface area contributed by atoms with E-state index in [-0.39, 0.29) is 18.7 Å². The van der Waals surface area contributed by atoms with Crippen LogP contribution in [0.4, 0.5) is 13.2 Å². The van der Waals surface area contributed by atoms with Gasteiger partial charge in [0.15, 0.2) is 0 Å². The van der Waals surface area contributed by atoms with Crippen molar-refractivity contribution in [1.82, 2.24) is 4.90 Å². The Hall–Kier alpha value is -2.25. The van der Waals surface area contributed by atoms with Gasteiger partial charge in [-0.15, -0.1) is 0 Å². The SMILES string of the molecule is CC.COC(=O)C1Cc2ccc(O)cc2CN(CC(F)(F)F)C1=O. The topological polar surface area (TPSA) is 66.8 Å². The van der Waals surface area contributed by atoms with Gasteiger partial charge >= 0.3 is 12.1 Å². The van der Waals surface area contributed by atoms with Gasteiger partial charge in [0, 0.05) is 6.54 Å². The molecule has 1 aromatic carbocycles. The number of amides is 1. The third-order valence-electron chi connectivity index (χ3n) is 3.44. The Bertz CT molecular complexity index is 601. The highest BCUT2D eigenvalue weighted by atomic mass is 19.4. The van der Waals surface area contributed by atoms with Crippen LogP contribution < -0.4 is 0 Å². The normalized spacial score (nSPS) is 17.3. The summed E-state index contributed by atoms with van der Waals surface area (Å²) in [5, 5.41) is 9.47. The summed E-state index contributed by atoms with van der Waals surface area (Å²) < 4.78 is 42.5. The van der Waals surface area contributed by atoms with Crippen molar-refractivity contribution in [3.63, 3.8) is 0 Å². The van der Waals surface area contributed by atoms with E-state index < -0.39 is 30.5 Å². The lowest BCUT2D eigenvalue weighted by Gasteiger charge is -2.24. The summed E-state index contributed by atoms with van der Waals surface area (Å²) in [5.41, 5.74) is 0.912. The highest BCUT2D eigenvalue weighted by Crippen LogP contribution is 2.29. The van der Waals surface area contributed by atoms with Crippen molar-refractivity contribution in [2.45, 2.75) is 33.0 Å². The fourth-order valence-corrected chi connectivity index (χ4v) is 2.45. The lowest BCUT2D eigenvalue weighted by molar-refractivity contribution is -0.169. The number of nitrogens with zero attached hydrogens (tertiary/aromatic N) is 1. The molecule has 1 heterocycles. The Morgan fingerprint density at radius 1 is 1.33 bits per heavy atom. The van der Waals surface area contributed by atoms with Crippen LogP contribution in [0, 0.1) is 5.92 Å². The van der Waals surface area contributed by atoms with Crippen LogP contribution in [0.1, 0.15) is 25.0 Å². The molecule has 1 aliphatic rings. The highest BCUT2D eigenvalue weighted by molar-refractivity contribution is 5.98. The van der Waals surface area contributed by atoms with Gasteiger partial charge < -0.3 is 14.7 Å². The first-order chi connectivity index (χ1) is 11.2. The molecule has 5 nitrogen and oxygen atoms in total. The molecule has 1 aromatic rings. The number of phenols is 1. The van der Waals surface area contributed by atoms with E-state index in [0.717, 1.165) is 7.11 Å². The minimum Gasteiger partial charge on any atom is -0.508 e. The largest absolute Gasteiger partial charge is 0.508 e.